The van der Waals surface area contributed by atoms with E-state index in [9.17, 15) is 9.59 Å². The number of guanidine groups is 1. The first-order valence-corrected chi connectivity index (χ1v) is 9.14. The van der Waals surface area contributed by atoms with Crippen LogP contribution in [0, 0.1) is 5.41 Å². The highest BCUT2D eigenvalue weighted by atomic mass is 16.2. The molecule has 0 atom stereocenters. The van der Waals surface area contributed by atoms with Gasteiger partial charge in [0.1, 0.15) is 0 Å². The number of amides is 2. The van der Waals surface area contributed by atoms with Crippen LogP contribution in [-0.4, -0.2) is 53.8 Å². The summed E-state index contributed by atoms with van der Waals surface area (Å²) in [5.74, 6) is -0.271. The van der Waals surface area contributed by atoms with Crippen molar-refractivity contribution < 1.29 is 9.59 Å². The number of hydrogen-bond acceptors (Lipinski definition) is 3. The minimum atomic E-state index is -0.186. The zero-order valence-electron chi connectivity index (χ0n) is 15.3. The van der Waals surface area contributed by atoms with Gasteiger partial charge in [0.2, 0.25) is 5.91 Å². The highest BCUT2D eigenvalue weighted by Crippen LogP contribution is 2.35. The predicted octanol–water partition coefficient (Wildman–Crippen LogP) is 1.72. The van der Waals surface area contributed by atoms with Crippen molar-refractivity contribution in [3.05, 3.63) is 71.3 Å². The van der Waals surface area contributed by atoms with Crippen molar-refractivity contribution in [2.24, 2.45) is 5.73 Å². The Morgan fingerprint density at radius 1 is 0.929 bits per heavy atom. The van der Waals surface area contributed by atoms with Gasteiger partial charge in [-0.1, -0.05) is 36.4 Å². The van der Waals surface area contributed by atoms with E-state index in [1.807, 2.05) is 42.5 Å². The fraction of sp³-hybridized carbons (Fsp3) is 0.190. The molecule has 0 unspecified atom stereocenters. The van der Waals surface area contributed by atoms with Gasteiger partial charge in [-0.2, -0.15) is 0 Å². The molecular weight excluding hydrogens is 354 g/mol. The Bertz CT molecular complexity index is 990. The number of piperazine rings is 1. The first kappa shape index (κ1) is 17.8. The number of benzene rings is 2. The van der Waals surface area contributed by atoms with E-state index in [-0.39, 0.29) is 17.8 Å². The van der Waals surface area contributed by atoms with E-state index >= 15 is 0 Å². The lowest BCUT2D eigenvalue weighted by molar-refractivity contribution is -0.127. The Kier molecular flexibility index (Phi) is 4.57. The number of nitrogens with one attached hydrogen (secondary N) is 2. The molecule has 4 rings (SSSR count). The van der Waals surface area contributed by atoms with E-state index in [4.69, 9.17) is 11.1 Å². The van der Waals surface area contributed by atoms with Crippen LogP contribution in [0.15, 0.2) is 54.6 Å². The van der Waals surface area contributed by atoms with Gasteiger partial charge in [-0.3, -0.25) is 15.0 Å². The molecule has 1 fully saturated rings. The maximum absolute atomic E-state index is 13.0. The van der Waals surface area contributed by atoms with Crippen LogP contribution in [-0.2, 0) is 4.79 Å². The average Bonchev–Trinajstić information content (AvgIpc) is 2.83. The summed E-state index contributed by atoms with van der Waals surface area (Å²) in [6.45, 7) is 2.08. The van der Waals surface area contributed by atoms with Crippen molar-refractivity contribution in [1.82, 2.24) is 9.80 Å². The Morgan fingerprint density at radius 2 is 1.50 bits per heavy atom. The summed E-state index contributed by atoms with van der Waals surface area (Å²) in [6, 6.07) is 14.8. The molecule has 2 heterocycles. The summed E-state index contributed by atoms with van der Waals surface area (Å²) in [7, 11) is 0. The van der Waals surface area contributed by atoms with E-state index in [0.717, 1.165) is 16.7 Å². The van der Waals surface area contributed by atoms with Crippen LogP contribution in [0.3, 0.4) is 0 Å². The average molecular weight is 375 g/mol. The van der Waals surface area contributed by atoms with Crippen LogP contribution in [0.5, 0.6) is 0 Å². The SMILES string of the molecule is N=C(N)N1CCN(C(=O)C=C2c3ccccc3NC(=O)c3ccccc32)CC1. The lowest BCUT2D eigenvalue weighted by atomic mass is 9.93. The number of rotatable bonds is 1. The molecule has 7 heteroatoms. The second kappa shape index (κ2) is 7.19. The second-order valence-corrected chi connectivity index (χ2v) is 6.80. The number of hydrogen-bond donors (Lipinski definition) is 3. The Morgan fingerprint density at radius 3 is 2.18 bits per heavy atom. The molecule has 7 nitrogen and oxygen atoms in total. The molecule has 1 saturated heterocycles. The molecule has 0 saturated carbocycles. The maximum atomic E-state index is 13.0. The van der Waals surface area contributed by atoms with Crippen molar-refractivity contribution in [1.29, 1.82) is 5.41 Å². The number of carbonyl (C=O) groups excluding carboxylic acids is 2. The largest absolute Gasteiger partial charge is 0.370 e. The number of fused-ring (bicyclic) bond motifs is 2. The third-order valence-corrected chi connectivity index (χ3v) is 5.13. The van der Waals surface area contributed by atoms with Gasteiger partial charge in [-0.05, 0) is 23.3 Å². The predicted molar refractivity (Wildman–Crippen MR) is 108 cm³/mol. The number of carbonyl (C=O) groups is 2. The van der Waals surface area contributed by atoms with Crippen molar-refractivity contribution in [3.8, 4) is 0 Å². The van der Waals surface area contributed by atoms with Gasteiger partial charge in [0.25, 0.3) is 5.91 Å². The first-order chi connectivity index (χ1) is 13.5. The number of nitrogens with two attached hydrogens (primary N) is 1. The molecule has 0 spiro atoms. The second-order valence-electron chi connectivity index (χ2n) is 6.80. The number of anilines is 1. The van der Waals surface area contributed by atoms with Crippen LogP contribution in [0.2, 0.25) is 0 Å². The molecule has 2 amide bonds. The molecule has 28 heavy (non-hydrogen) atoms. The van der Waals surface area contributed by atoms with Crippen molar-refractivity contribution in [2.45, 2.75) is 0 Å². The third-order valence-electron chi connectivity index (χ3n) is 5.13. The molecule has 0 bridgehead atoms. The fourth-order valence-corrected chi connectivity index (χ4v) is 3.62. The molecule has 0 aliphatic carbocycles. The molecule has 2 aromatic carbocycles. The number of para-hydroxylation sites is 1. The maximum Gasteiger partial charge on any atom is 0.256 e. The molecule has 2 aliphatic heterocycles. The summed E-state index contributed by atoms with van der Waals surface area (Å²) in [5, 5.41) is 10.5. The Labute approximate surface area is 162 Å². The van der Waals surface area contributed by atoms with E-state index in [1.54, 1.807) is 21.9 Å². The fourth-order valence-electron chi connectivity index (χ4n) is 3.62. The topological polar surface area (TPSA) is 103 Å². The highest BCUT2D eigenvalue weighted by molar-refractivity contribution is 6.14. The molecule has 2 aromatic rings. The smallest absolute Gasteiger partial charge is 0.256 e. The van der Waals surface area contributed by atoms with Crippen molar-refractivity contribution >= 4 is 29.0 Å². The van der Waals surface area contributed by atoms with Gasteiger partial charge in [0.05, 0.1) is 0 Å². The highest BCUT2D eigenvalue weighted by Gasteiger charge is 2.25. The molecule has 142 valence electrons. The van der Waals surface area contributed by atoms with Crippen LogP contribution < -0.4 is 11.1 Å². The van der Waals surface area contributed by atoms with E-state index in [2.05, 4.69) is 5.32 Å². The van der Waals surface area contributed by atoms with Crippen LogP contribution in [0.25, 0.3) is 5.57 Å². The monoisotopic (exact) mass is 375 g/mol. The van der Waals surface area contributed by atoms with Crippen LogP contribution in [0.1, 0.15) is 21.5 Å². The van der Waals surface area contributed by atoms with Crippen molar-refractivity contribution in [3.63, 3.8) is 0 Å². The first-order valence-electron chi connectivity index (χ1n) is 9.14. The van der Waals surface area contributed by atoms with Gasteiger partial charge in [-0.15, -0.1) is 0 Å². The van der Waals surface area contributed by atoms with Crippen LogP contribution >= 0.6 is 0 Å². The summed E-state index contributed by atoms with van der Waals surface area (Å²) in [4.78, 5) is 29.1. The Hall–Kier alpha value is -3.61. The molecule has 0 radical (unpaired) electrons. The van der Waals surface area contributed by atoms with Crippen LogP contribution in [0.4, 0.5) is 5.69 Å². The van der Waals surface area contributed by atoms with Crippen molar-refractivity contribution in [2.75, 3.05) is 31.5 Å². The Balaban J connectivity index is 1.72. The summed E-state index contributed by atoms with van der Waals surface area (Å²) >= 11 is 0. The summed E-state index contributed by atoms with van der Waals surface area (Å²) in [5.41, 5.74) is 9.03. The van der Waals surface area contributed by atoms with E-state index < -0.39 is 0 Å². The lowest BCUT2D eigenvalue weighted by Gasteiger charge is -2.34. The van der Waals surface area contributed by atoms with Gasteiger partial charge in [-0.25, -0.2) is 0 Å². The minimum Gasteiger partial charge on any atom is -0.370 e. The zero-order valence-corrected chi connectivity index (χ0v) is 15.3. The standard InChI is InChI=1S/C21H21N5O2/c22-21(23)26-11-9-25(10-12-26)19(27)13-17-14-5-1-2-7-16(14)20(28)24-18-8-4-3-6-15(17)18/h1-8,13H,9-12H2,(H3,22,23)(H,24,28). The normalized spacial score (nSPS) is 17.4. The van der Waals surface area contributed by atoms with Gasteiger partial charge in [0.15, 0.2) is 5.96 Å². The van der Waals surface area contributed by atoms with Gasteiger partial charge in [0, 0.05) is 49.1 Å². The molecular formula is C21H21N5O2. The quantitative estimate of drug-likeness (QED) is 0.401. The molecule has 2 aliphatic rings. The van der Waals surface area contributed by atoms with Gasteiger partial charge < -0.3 is 20.9 Å². The van der Waals surface area contributed by atoms with Gasteiger partial charge >= 0.3 is 0 Å². The third kappa shape index (κ3) is 3.22. The minimum absolute atomic E-state index is 0.0293. The molecule has 0 aromatic heterocycles. The molecule has 4 N–H and O–H groups in total. The van der Waals surface area contributed by atoms with E-state index in [1.165, 1.54) is 0 Å². The lowest BCUT2D eigenvalue weighted by Crippen LogP contribution is -2.52. The number of nitrogens with zero attached hydrogens (tertiary/aromatic N) is 2. The van der Waals surface area contributed by atoms with E-state index in [0.29, 0.717) is 37.4 Å². The zero-order chi connectivity index (χ0) is 19.7. The summed E-state index contributed by atoms with van der Waals surface area (Å²) < 4.78 is 0. The summed E-state index contributed by atoms with van der Waals surface area (Å²) in [6.07, 6.45) is 1.61.